The van der Waals surface area contributed by atoms with Crippen LogP contribution in [0.4, 0.5) is 5.69 Å². The minimum atomic E-state index is -3.40. The third-order valence-corrected chi connectivity index (χ3v) is 11.0. The Balaban J connectivity index is 1.30. The van der Waals surface area contributed by atoms with E-state index >= 15 is 0 Å². The Hall–Kier alpha value is -2.56. The van der Waals surface area contributed by atoms with Crippen molar-refractivity contribution in [2.24, 2.45) is 0 Å². The van der Waals surface area contributed by atoms with E-state index in [1.54, 1.807) is 26.5 Å². The SMILES string of the molecule is CC(C)(CC(=O)NCCCCCCOP(C)(=O)O)SSCCNC(=O)CCC(=O)N1Cc2ccccc2/C=C\c2ccccc21. The number of rotatable bonds is 18. The lowest BCUT2D eigenvalue weighted by atomic mass is 10.0. The van der Waals surface area contributed by atoms with Gasteiger partial charge in [-0.2, -0.15) is 0 Å². The van der Waals surface area contributed by atoms with Crippen LogP contribution in [0.15, 0.2) is 48.5 Å². The molecular formula is C33H46N3O6PS2. The number of amides is 3. The molecule has 0 spiro atoms. The van der Waals surface area contributed by atoms with Crippen molar-refractivity contribution in [3.63, 3.8) is 0 Å². The van der Waals surface area contributed by atoms with Crippen LogP contribution in [-0.4, -0.2) is 59.5 Å². The number of carbonyl (C=O) groups excluding carboxylic acids is 3. The summed E-state index contributed by atoms with van der Waals surface area (Å²) >= 11 is 0. The molecule has 3 amide bonds. The molecular weight excluding hydrogens is 629 g/mol. The number of unbranched alkanes of at least 4 members (excludes halogenated alkanes) is 3. The first-order chi connectivity index (χ1) is 21.4. The molecule has 0 fully saturated rings. The fourth-order valence-corrected chi connectivity index (χ4v) is 7.65. The van der Waals surface area contributed by atoms with E-state index in [-0.39, 0.29) is 41.9 Å². The maximum absolute atomic E-state index is 13.3. The Morgan fingerprint density at radius 3 is 2.36 bits per heavy atom. The number of hydrogen-bond donors (Lipinski definition) is 3. The van der Waals surface area contributed by atoms with Crippen molar-refractivity contribution >= 4 is 64.7 Å². The summed E-state index contributed by atoms with van der Waals surface area (Å²) in [6, 6.07) is 15.8. The van der Waals surface area contributed by atoms with Gasteiger partial charge in [-0.15, -0.1) is 0 Å². The second-order valence-corrected chi connectivity index (χ2v) is 16.7. The van der Waals surface area contributed by atoms with Gasteiger partial charge in [0.1, 0.15) is 0 Å². The molecule has 0 aliphatic carbocycles. The lowest BCUT2D eigenvalue weighted by Gasteiger charge is -2.27. The van der Waals surface area contributed by atoms with Crippen LogP contribution in [-0.2, 0) is 30.0 Å². The first kappa shape index (κ1) is 36.9. The summed E-state index contributed by atoms with van der Waals surface area (Å²) in [4.78, 5) is 49.2. The number of benzene rings is 2. The number of anilines is 1. The summed E-state index contributed by atoms with van der Waals surface area (Å²) in [5.74, 6) is 0.448. The topological polar surface area (TPSA) is 125 Å². The molecule has 2 aromatic rings. The highest BCUT2D eigenvalue weighted by atomic mass is 33.1. The van der Waals surface area contributed by atoms with Crippen LogP contribution >= 0.6 is 29.2 Å². The van der Waals surface area contributed by atoms with Gasteiger partial charge in [0.05, 0.1) is 18.8 Å². The summed E-state index contributed by atoms with van der Waals surface area (Å²) in [5.41, 5.74) is 3.94. The fraction of sp³-hybridized carbons (Fsp3) is 0.485. The maximum atomic E-state index is 13.3. The van der Waals surface area contributed by atoms with Gasteiger partial charge in [-0.25, -0.2) is 0 Å². The van der Waals surface area contributed by atoms with Crippen LogP contribution < -0.4 is 15.5 Å². The summed E-state index contributed by atoms with van der Waals surface area (Å²) in [5, 5.41) is 5.88. The average Bonchev–Trinajstić information content (AvgIpc) is 2.97. The quantitative estimate of drug-likeness (QED) is 0.0911. The highest BCUT2D eigenvalue weighted by Gasteiger charge is 2.24. The van der Waals surface area contributed by atoms with Crippen molar-refractivity contribution in [1.82, 2.24) is 10.6 Å². The summed E-state index contributed by atoms with van der Waals surface area (Å²) < 4.78 is 15.7. The number of para-hydroxylation sites is 1. The molecule has 12 heteroatoms. The summed E-state index contributed by atoms with van der Waals surface area (Å²) in [6.45, 7) is 7.04. The minimum Gasteiger partial charge on any atom is -0.356 e. The van der Waals surface area contributed by atoms with Crippen molar-refractivity contribution in [3.05, 3.63) is 65.2 Å². The molecule has 1 aliphatic heterocycles. The Morgan fingerprint density at radius 2 is 1.58 bits per heavy atom. The molecule has 1 atom stereocenters. The molecule has 0 saturated heterocycles. The Labute approximate surface area is 275 Å². The third kappa shape index (κ3) is 14.2. The van der Waals surface area contributed by atoms with Crippen molar-refractivity contribution in [3.8, 4) is 0 Å². The molecule has 1 unspecified atom stereocenters. The number of hydrogen-bond acceptors (Lipinski definition) is 7. The monoisotopic (exact) mass is 675 g/mol. The molecule has 3 rings (SSSR count). The predicted molar refractivity (Wildman–Crippen MR) is 187 cm³/mol. The van der Waals surface area contributed by atoms with Gasteiger partial charge in [0.15, 0.2) is 0 Å². The molecule has 246 valence electrons. The zero-order valence-electron chi connectivity index (χ0n) is 26.5. The Morgan fingerprint density at radius 1 is 0.911 bits per heavy atom. The van der Waals surface area contributed by atoms with Crippen LogP contribution in [0.5, 0.6) is 0 Å². The highest BCUT2D eigenvalue weighted by Crippen LogP contribution is 2.38. The van der Waals surface area contributed by atoms with Gasteiger partial charge >= 0.3 is 7.60 Å². The van der Waals surface area contributed by atoms with Crippen molar-refractivity contribution in [1.29, 1.82) is 0 Å². The summed E-state index contributed by atoms with van der Waals surface area (Å²) in [6.07, 6.45) is 8.08. The molecule has 0 bridgehead atoms. The van der Waals surface area contributed by atoms with Gasteiger partial charge in [-0.05, 0) is 49.4 Å². The first-order valence-electron chi connectivity index (χ1n) is 15.4. The van der Waals surface area contributed by atoms with E-state index in [2.05, 4.69) is 16.7 Å². The highest BCUT2D eigenvalue weighted by molar-refractivity contribution is 8.77. The molecule has 9 nitrogen and oxygen atoms in total. The zero-order valence-corrected chi connectivity index (χ0v) is 29.0. The molecule has 2 aromatic carbocycles. The van der Waals surface area contributed by atoms with E-state index in [1.807, 2.05) is 68.5 Å². The van der Waals surface area contributed by atoms with Gasteiger partial charge in [-0.1, -0.05) is 89.0 Å². The number of nitrogens with zero attached hydrogens (tertiary/aromatic N) is 1. The number of carbonyl (C=O) groups is 3. The molecule has 3 N–H and O–H groups in total. The van der Waals surface area contributed by atoms with Gasteiger partial charge in [0.2, 0.25) is 17.7 Å². The van der Waals surface area contributed by atoms with Crippen LogP contribution in [0.25, 0.3) is 12.2 Å². The van der Waals surface area contributed by atoms with Gasteiger partial charge < -0.3 is 25.0 Å². The minimum absolute atomic E-state index is 0.00349. The molecule has 1 heterocycles. The van der Waals surface area contributed by atoms with Crippen LogP contribution in [0.3, 0.4) is 0 Å². The van der Waals surface area contributed by atoms with Crippen LogP contribution in [0, 0.1) is 0 Å². The first-order valence-corrected chi connectivity index (χ1v) is 19.7. The number of nitrogens with one attached hydrogen (secondary N) is 2. The van der Waals surface area contributed by atoms with E-state index in [0.29, 0.717) is 38.2 Å². The summed E-state index contributed by atoms with van der Waals surface area (Å²) in [7, 11) is -0.163. The zero-order chi connectivity index (χ0) is 32.7. The second kappa shape index (κ2) is 18.6. The lowest BCUT2D eigenvalue weighted by molar-refractivity contribution is -0.125. The fourth-order valence-electron chi connectivity index (χ4n) is 4.77. The molecule has 0 radical (unpaired) electrons. The van der Waals surface area contributed by atoms with E-state index in [4.69, 9.17) is 9.42 Å². The van der Waals surface area contributed by atoms with Gasteiger partial charge in [-0.3, -0.25) is 18.9 Å². The van der Waals surface area contributed by atoms with E-state index in [1.165, 1.54) is 6.66 Å². The van der Waals surface area contributed by atoms with E-state index < -0.39 is 7.60 Å². The average molecular weight is 676 g/mol. The Kier molecular flexibility index (Phi) is 15.2. The van der Waals surface area contributed by atoms with Crippen molar-refractivity contribution < 1.29 is 28.4 Å². The molecule has 45 heavy (non-hydrogen) atoms. The van der Waals surface area contributed by atoms with Gasteiger partial charge in [0, 0.05) is 49.5 Å². The maximum Gasteiger partial charge on any atom is 0.325 e. The normalized spacial score (nSPS) is 14.7. The van der Waals surface area contributed by atoms with Gasteiger partial charge in [0.25, 0.3) is 0 Å². The van der Waals surface area contributed by atoms with Crippen LogP contribution in [0.2, 0.25) is 0 Å². The molecule has 1 aliphatic rings. The smallest absolute Gasteiger partial charge is 0.325 e. The molecule has 0 saturated carbocycles. The van der Waals surface area contributed by atoms with Crippen LogP contribution in [0.1, 0.15) is 75.5 Å². The third-order valence-electron chi connectivity index (χ3n) is 7.02. The predicted octanol–water partition coefficient (Wildman–Crippen LogP) is 6.66. The number of fused-ring (bicyclic) bond motifs is 2. The lowest BCUT2D eigenvalue weighted by Crippen LogP contribution is -2.33. The largest absolute Gasteiger partial charge is 0.356 e. The Bertz CT molecular complexity index is 1360. The van der Waals surface area contributed by atoms with Crippen molar-refractivity contribution in [2.75, 3.05) is 37.0 Å². The molecule has 0 aromatic heterocycles. The van der Waals surface area contributed by atoms with Crippen molar-refractivity contribution in [2.45, 2.75) is 70.1 Å². The second-order valence-electron chi connectivity index (χ2n) is 11.7. The standard InChI is InChI=1S/C33H46N3O6PS2/c1-33(2,24-31(38)34-20-10-4-5-11-22-42-43(3,40)41)45-44-23-21-35-30(37)18-19-32(39)36-25-28-14-7-6-12-26(28)16-17-27-13-8-9-15-29(27)36/h6-9,12-17H,4-5,10-11,18-25H2,1-3H3,(H,34,38)(H,35,37)(H,40,41)/b17-16-. The van der Waals surface area contributed by atoms with E-state index in [0.717, 1.165) is 41.6 Å². The van der Waals surface area contributed by atoms with E-state index in [9.17, 15) is 18.9 Å².